The van der Waals surface area contributed by atoms with Crippen LogP contribution in [0.3, 0.4) is 0 Å². The van der Waals surface area contributed by atoms with Gasteiger partial charge in [-0.3, -0.25) is 9.59 Å². The van der Waals surface area contributed by atoms with Crippen LogP contribution in [0.4, 0.5) is 0 Å². The van der Waals surface area contributed by atoms with Crippen LogP contribution in [-0.2, 0) is 4.79 Å². The molecule has 1 aliphatic heterocycles. The third kappa shape index (κ3) is 4.87. The third-order valence-corrected chi connectivity index (χ3v) is 4.88. The Hall–Kier alpha value is -2.30. The fourth-order valence-electron chi connectivity index (χ4n) is 2.88. The van der Waals surface area contributed by atoms with E-state index in [4.69, 9.17) is 4.74 Å². The van der Waals surface area contributed by atoms with Crippen LogP contribution in [0.5, 0.6) is 5.75 Å². The Morgan fingerprint density at radius 3 is 2.46 bits per heavy atom. The Kier molecular flexibility index (Phi) is 6.83. The number of nitrogens with one attached hydrogen (secondary N) is 1. The quantitative estimate of drug-likeness (QED) is 0.783. The average Bonchev–Trinajstić information content (AvgIpc) is 2.61. The van der Waals surface area contributed by atoms with E-state index < -0.39 is 6.04 Å². The van der Waals surface area contributed by atoms with Gasteiger partial charge in [-0.1, -0.05) is 38.1 Å². The molecule has 0 saturated carbocycles. The number of amides is 2. The Morgan fingerprint density at radius 2 is 1.77 bits per heavy atom. The molecule has 0 fully saturated rings. The second-order valence-corrected chi connectivity index (χ2v) is 7.32. The van der Waals surface area contributed by atoms with Crippen molar-refractivity contribution in [2.75, 3.05) is 7.05 Å². The number of carbonyl (C=O) groups excluding carboxylic acids is 2. The zero-order chi connectivity index (χ0) is 19.3. The minimum absolute atomic E-state index is 0.0381. The fraction of sp³-hybridized carbons (Fsp3) is 0.524. The van der Waals surface area contributed by atoms with E-state index in [1.807, 2.05) is 13.0 Å². The molecule has 2 rings (SSSR count). The maximum absolute atomic E-state index is 12.9. The number of nitrogens with zero attached hydrogens (tertiary/aromatic N) is 1. The standard InChI is InChI=1S/C21H30N2O3/c1-14(2)18-12-8-6-10-15(3)26-19-13-9-7-11-17(19)21(25)23(5)16(4)20(24)22-18/h6-9,11,13-16,18H,10,12H2,1-5H3,(H,22,24)/b8-6-/t15-,16-,18-/m0/s1. The van der Waals surface area contributed by atoms with Crippen molar-refractivity contribution in [1.82, 2.24) is 10.2 Å². The molecule has 0 unspecified atom stereocenters. The van der Waals surface area contributed by atoms with E-state index in [9.17, 15) is 9.59 Å². The molecule has 1 aromatic carbocycles. The number of fused-ring (bicyclic) bond motifs is 1. The maximum Gasteiger partial charge on any atom is 0.258 e. The first-order chi connectivity index (χ1) is 12.3. The molecule has 1 N–H and O–H groups in total. The van der Waals surface area contributed by atoms with Crippen molar-refractivity contribution in [2.45, 2.75) is 58.7 Å². The highest BCUT2D eigenvalue weighted by molar-refractivity contribution is 5.99. The zero-order valence-corrected chi connectivity index (χ0v) is 16.4. The highest BCUT2D eigenvalue weighted by Gasteiger charge is 2.27. The number of ether oxygens (including phenoxy) is 1. The molecular weight excluding hydrogens is 328 g/mol. The van der Waals surface area contributed by atoms with Gasteiger partial charge in [0.25, 0.3) is 5.91 Å². The van der Waals surface area contributed by atoms with Crippen molar-refractivity contribution in [3.05, 3.63) is 42.0 Å². The summed E-state index contributed by atoms with van der Waals surface area (Å²) in [6.45, 7) is 7.91. The first-order valence-corrected chi connectivity index (χ1v) is 9.29. The number of rotatable bonds is 1. The molecule has 0 radical (unpaired) electrons. The highest BCUT2D eigenvalue weighted by atomic mass is 16.5. The molecule has 0 aromatic heterocycles. The molecule has 26 heavy (non-hydrogen) atoms. The predicted molar refractivity (Wildman–Crippen MR) is 103 cm³/mol. The van der Waals surface area contributed by atoms with Gasteiger partial charge in [0.15, 0.2) is 0 Å². The lowest BCUT2D eigenvalue weighted by Crippen LogP contribution is -2.50. The lowest BCUT2D eigenvalue weighted by molar-refractivity contribution is -0.125. The van der Waals surface area contributed by atoms with Crippen molar-refractivity contribution >= 4 is 11.8 Å². The molecule has 3 atom stereocenters. The van der Waals surface area contributed by atoms with Crippen LogP contribution in [-0.4, -0.2) is 41.9 Å². The van der Waals surface area contributed by atoms with Gasteiger partial charge in [-0.2, -0.15) is 0 Å². The SMILES string of the molecule is CC(C)[C@@H]1C/C=C\C[C@H](C)Oc2ccccc2C(=O)N(C)[C@@H](C)C(=O)N1. The topological polar surface area (TPSA) is 58.6 Å². The highest BCUT2D eigenvalue weighted by Crippen LogP contribution is 2.23. The summed E-state index contributed by atoms with van der Waals surface area (Å²) in [5, 5.41) is 3.09. The summed E-state index contributed by atoms with van der Waals surface area (Å²) in [5.74, 6) is 0.495. The Bertz CT molecular complexity index is 669. The lowest BCUT2D eigenvalue weighted by Gasteiger charge is -2.29. The summed E-state index contributed by atoms with van der Waals surface area (Å²) in [5.41, 5.74) is 0.475. The molecule has 0 spiro atoms. The zero-order valence-electron chi connectivity index (χ0n) is 16.4. The Labute approximate surface area is 156 Å². The number of carbonyl (C=O) groups is 2. The summed E-state index contributed by atoms with van der Waals surface area (Å²) in [4.78, 5) is 27.1. The van der Waals surface area contributed by atoms with Crippen LogP contribution in [0.2, 0.25) is 0 Å². The summed E-state index contributed by atoms with van der Waals surface area (Å²) in [7, 11) is 1.66. The number of para-hydroxylation sites is 1. The number of benzene rings is 1. The number of hydrogen-bond donors (Lipinski definition) is 1. The van der Waals surface area contributed by atoms with Gasteiger partial charge in [0, 0.05) is 19.5 Å². The summed E-state index contributed by atoms with van der Waals surface area (Å²) in [6.07, 6.45) is 5.64. The van der Waals surface area contributed by atoms with Crippen LogP contribution in [0, 0.1) is 5.92 Å². The Morgan fingerprint density at radius 1 is 1.12 bits per heavy atom. The number of hydrogen-bond acceptors (Lipinski definition) is 3. The van der Waals surface area contributed by atoms with Crippen molar-refractivity contribution in [3.8, 4) is 5.75 Å². The van der Waals surface area contributed by atoms with Gasteiger partial charge >= 0.3 is 0 Å². The molecule has 142 valence electrons. The molecule has 1 heterocycles. The molecule has 0 saturated heterocycles. The predicted octanol–water partition coefficient (Wildman–Crippen LogP) is 3.41. The molecule has 1 aromatic rings. The smallest absolute Gasteiger partial charge is 0.258 e. The lowest BCUT2D eigenvalue weighted by atomic mass is 9.99. The van der Waals surface area contributed by atoms with Gasteiger partial charge in [-0.15, -0.1) is 0 Å². The molecule has 0 aliphatic carbocycles. The molecular formula is C21H30N2O3. The molecule has 0 bridgehead atoms. The van der Waals surface area contributed by atoms with E-state index in [-0.39, 0.29) is 24.0 Å². The van der Waals surface area contributed by atoms with E-state index in [0.717, 1.165) is 12.8 Å². The van der Waals surface area contributed by atoms with E-state index in [0.29, 0.717) is 17.2 Å². The summed E-state index contributed by atoms with van der Waals surface area (Å²) >= 11 is 0. The van der Waals surface area contributed by atoms with Crippen LogP contribution < -0.4 is 10.1 Å². The normalized spacial score (nSPS) is 26.5. The van der Waals surface area contributed by atoms with Crippen molar-refractivity contribution in [1.29, 1.82) is 0 Å². The van der Waals surface area contributed by atoms with Crippen molar-refractivity contribution in [3.63, 3.8) is 0 Å². The van der Waals surface area contributed by atoms with Crippen LogP contribution in [0.15, 0.2) is 36.4 Å². The van der Waals surface area contributed by atoms with E-state index in [2.05, 4.69) is 31.3 Å². The minimum Gasteiger partial charge on any atom is -0.490 e. The summed E-state index contributed by atoms with van der Waals surface area (Å²) < 4.78 is 6.00. The average molecular weight is 358 g/mol. The van der Waals surface area contributed by atoms with Gasteiger partial charge in [0.2, 0.25) is 5.91 Å². The van der Waals surface area contributed by atoms with Crippen LogP contribution >= 0.6 is 0 Å². The van der Waals surface area contributed by atoms with Gasteiger partial charge in [0.05, 0.1) is 11.7 Å². The van der Waals surface area contributed by atoms with Gasteiger partial charge in [-0.05, 0) is 38.3 Å². The van der Waals surface area contributed by atoms with Gasteiger partial charge in [-0.25, -0.2) is 0 Å². The second kappa shape index (κ2) is 8.88. The number of likely N-dealkylation sites (N-methyl/N-ethyl adjacent to an activating group) is 1. The van der Waals surface area contributed by atoms with E-state index in [1.54, 1.807) is 32.2 Å². The monoisotopic (exact) mass is 358 g/mol. The van der Waals surface area contributed by atoms with E-state index in [1.165, 1.54) is 4.90 Å². The third-order valence-electron chi connectivity index (χ3n) is 4.88. The van der Waals surface area contributed by atoms with Crippen molar-refractivity contribution < 1.29 is 14.3 Å². The minimum atomic E-state index is -0.568. The van der Waals surface area contributed by atoms with Crippen LogP contribution in [0.25, 0.3) is 0 Å². The second-order valence-electron chi connectivity index (χ2n) is 7.32. The first-order valence-electron chi connectivity index (χ1n) is 9.29. The van der Waals surface area contributed by atoms with E-state index >= 15 is 0 Å². The molecule has 5 nitrogen and oxygen atoms in total. The molecule has 5 heteroatoms. The fourth-order valence-corrected chi connectivity index (χ4v) is 2.88. The van der Waals surface area contributed by atoms with Crippen molar-refractivity contribution in [2.24, 2.45) is 5.92 Å². The Balaban J connectivity index is 2.36. The van der Waals surface area contributed by atoms with Gasteiger partial charge < -0.3 is 15.0 Å². The molecule has 2 amide bonds. The maximum atomic E-state index is 12.9. The largest absolute Gasteiger partial charge is 0.490 e. The first kappa shape index (κ1) is 20.0. The molecule has 1 aliphatic rings. The summed E-state index contributed by atoms with van der Waals surface area (Å²) in [6, 6.07) is 6.66. The van der Waals surface area contributed by atoms with Gasteiger partial charge in [0.1, 0.15) is 11.8 Å². The van der Waals surface area contributed by atoms with Crippen LogP contribution in [0.1, 0.15) is 50.9 Å².